The van der Waals surface area contributed by atoms with Gasteiger partial charge in [-0.05, 0) is 24.3 Å². The number of hydrogen-bond acceptors (Lipinski definition) is 5. The Hall–Kier alpha value is -2.97. The maximum atomic E-state index is 14.9. The van der Waals surface area contributed by atoms with Gasteiger partial charge in [0, 0.05) is 44.8 Å². The lowest BCUT2D eigenvalue weighted by atomic mass is 10.1. The van der Waals surface area contributed by atoms with Gasteiger partial charge in [-0.3, -0.25) is 14.5 Å². The molecule has 29 heavy (non-hydrogen) atoms. The molecule has 0 aromatic heterocycles. The van der Waals surface area contributed by atoms with Crippen LogP contribution in [0.15, 0.2) is 42.5 Å². The summed E-state index contributed by atoms with van der Waals surface area (Å²) in [5.41, 5.74) is 0.263. The highest BCUT2D eigenvalue weighted by Gasteiger charge is 2.22. The van der Waals surface area contributed by atoms with Crippen LogP contribution in [0.2, 0.25) is 0 Å². The fraction of sp³-hybridized carbons (Fsp3) is 0.333. The number of piperazine rings is 1. The normalized spacial score (nSPS) is 14.3. The van der Waals surface area contributed by atoms with Gasteiger partial charge < -0.3 is 20.7 Å². The van der Waals surface area contributed by atoms with E-state index in [0.29, 0.717) is 18.7 Å². The van der Waals surface area contributed by atoms with Crippen LogP contribution >= 0.6 is 0 Å². The average Bonchev–Trinajstić information content (AvgIpc) is 2.75. The summed E-state index contributed by atoms with van der Waals surface area (Å²) in [4.78, 5) is 27.4. The Morgan fingerprint density at radius 2 is 1.83 bits per heavy atom. The van der Waals surface area contributed by atoms with Gasteiger partial charge in [0.2, 0.25) is 0 Å². The molecule has 7 nitrogen and oxygen atoms in total. The monoisotopic (exact) mass is 400 g/mol. The topological polar surface area (TPSA) is 82.7 Å². The molecule has 154 valence electrons. The van der Waals surface area contributed by atoms with Crippen molar-refractivity contribution in [3.8, 4) is 5.75 Å². The van der Waals surface area contributed by atoms with E-state index in [4.69, 9.17) is 4.74 Å². The number of carbonyl (C=O) groups excluding carboxylic acids is 2. The van der Waals surface area contributed by atoms with Crippen molar-refractivity contribution < 1.29 is 18.7 Å². The molecule has 1 heterocycles. The summed E-state index contributed by atoms with van der Waals surface area (Å²) >= 11 is 0. The number of rotatable bonds is 7. The largest absolute Gasteiger partial charge is 0.494 e. The van der Waals surface area contributed by atoms with E-state index >= 15 is 0 Å². The van der Waals surface area contributed by atoms with Crippen LogP contribution in [0.5, 0.6) is 5.75 Å². The third-order valence-electron chi connectivity index (χ3n) is 4.76. The fourth-order valence-corrected chi connectivity index (χ4v) is 3.18. The third kappa shape index (κ3) is 5.30. The average molecular weight is 400 g/mol. The van der Waals surface area contributed by atoms with E-state index in [1.54, 1.807) is 30.3 Å². The Balaban J connectivity index is 1.74. The number of hydrogen-bond donors (Lipinski definition) is 3. The van der Waals surface area contributed by atoms with E-state index in [0.717, 1.165) is 26.2 Å². The molecule has 3 rings (SSSR count). The summed E-state index contributed by atoms with van der Waals surface area (Å²) in [6.07, 6.45) is 0. The van der Waals surface area contributed by atoms with E-state index in [-0.39, 0.29) is 17.0 Å². The van der Waals surface area contributed by atoms with Crippen LogP contribution in [-0.2, 0) is 0 Å². The Morgan fingerprint density at radius 1 is 1.10 bits per heavy atom. The number of halogens is 1. The molecule has 0 saturated carbocycles. The van der Waals surface area contributed by atoms with Gasteiger partial charge in [0.1, 0.15) is 5.56 Å². The lowest BCUT2D eigenvalue weighted by molar-refractivity contribution is 0.0943. The smallest absolute Gasteiger partial charge is 0.256 e. The fourth-order valence-electron chi connectivity index (χ4n) is 3.18. The first-order chi connectivity index (χ1) is 14.1. The number of methoxy groups -OCH3 is 1. The van der Waals surface area contributed by atoms with Crippen LogP contribution in [0.1, 0.15) is 20.7 Å². The molecule has 1 saturated heterocycles. The first-order valence-electron chi connectivity index (χ1n) is 9.54. The molecular formula is C21H25FN4O3. The van der Waals surface area contributed by atoms with E-state index in [1.165, 1.54) is 19.2 Å². The predicted molar refractivity (Wildman–Crippen MR) is 109 cm³/mol. The summed E-state index contributed by atoms with van der Waals surface area (Å²) in [7, 11) is 1.33. The summed E-state index contributed by atoms with van der Waals surface area (Å²) in [5.74, 6) is -1.89. The van der Waals surface area contributed by atoms with Crippen molar-refractivity contribution in [2.24, 2.45) is 0 Å². The highest BCUT2D eigenvalue weighted by Crippen LogP contribution is 2.27. The van der Waals surface area contributed by atoms with Gasteiger partial charge >= 0.3 is 0 Å². The summed E-state index contributed by atoms with van der Waals surface area (Å²) in [6.45, 7) is 4.68. The number of ether oxygens (including phenoxy) is 1. The van der Waals surface area contributed by atoms with Crippen LogP contribution < -0.4 is 20.7 Å². The van der Waals surface area contributed by atoms with Gasteiger partial charge in [-0.15, -0.1) is 0 Å². The molecule has 0 radical (unpaired) electrons. The van der Waals surface area contributed by atoms with Crippen molar-refractivity contribution in [3.05, 3.63) is 59.4 Å². The molecule has 2 amide bonds. The summed E-state index contributed by atoms with van der Waals surface area (Å²) in [6, 6.07) is 11.4. The Morgan fingerprint density at radius 3 is 2.52 bits per heavy atom. The lowest BCUT2D eigenvalue weighted by Crippen LogP contribution is -2.46. The van der Waals surface area contributed by atoms with Crippen molar-refractivity contribution in [3.63, 3.8) is 0 Å². The first-order valence-corrected chi connectivity index (χ1v) is 9.54. The van der Waals surface area contributed by atoms with E-state index < -0.39 is 17.6 Å². The zero-order valence-electron chi connectivity index (χ0n) is 16.3. The minimum Gasteiger partial charge on any atom is -0.494 e. The number of nitrogens with zero attached hydrogens (tertiary/aromatic N) is 1. The van der Waals surface area contributed by atoms with Crippen LogP contribution in [-0.4, -0.2) is 63.1 Å². The number of carbonyl (C=O) groups is 2. The van der Waals surface area contributed by atoms with Crippen molar-refractivity contribution >= 4 is 17.5 Å². The lowest BCUT2D eigenvalue weighted by Gasteiger charge is -2.27. The molecule has 2 aromatic rings. The second-order valence-corrected chi connectivity index (χ2v) is 6.67. The van der Waals surface area contributed by atoms with Crippen LogP contribution in [0, 0.1) is 5.82 Å². The first kappa shape index (κ1) is 20.8. The number of nitrogens with one attached hydrogen (secondary N) is 3. The SMILES string of the molecule is COc1ccc(NC(=O)c2ccccc2)c(C(=O)NCCN2CCNCC2)c1F. The van der Waals surface area contributed by atoms with E-state index in [2.05, 4.69) is 20.9 Å². The van der Waals surface area contributed by atoms with Gasteiger partial charge in [-0.2, -0.15) is 0 Å². The van der Waals surface area contributed by atoms with Crippen molar-refractivity contribution in [2.45, 2.75) is 0 Å². The second kappa shape index (κ2) is 9.99. The maximum absolute atomic E-state index is 14.9. The van der Waals surface area contributed by atoms with Crippen molar-refractivity contribution in [1.82, 2.24) is 15.5 Å². The molecule has 0 unspecified atom stereocenters. The Bertz CT molecular complexity index is 855. The van der Waals surface area contributed by atoms with Crippen LogP contribution in [0.3, 0.4) is 0 Å². The highest BCUT2D eigenvalue weighted by molar-refractivity contribution is 6.09. The van der Waals surface area contributed by atoms with E-state index in [9.17, 15) is 14.0 Å². The molecule has 0 atom stereocenters. The second-order valence-electron chi connectivity index (χ2n) is 6.67. The molecule has 0 spiro atoms. The standard InChI is InChI=1S/C21H25FN4O3/c1-29-17-8-7-16(25-20(27)15-5-3-2-4-6-15)18(19(17)22)21(28)24-11-14-26-12-9-23-10-13-26/h2-8,23H,9-14H2,1H3,(H,24,28)(H,25,27). The molecule has 1 aliphatic rings. The molecule has 0 aliphatic carbocycles. The zero-order chi connectivity index (χ0) is 20.6. The molecule has 1 aliphatic heterocycles. The Kier molecular flexibility index (Phi) is 7.15. The molecule has 3 N–H and O–H groups in total. The van der Waals surface area contributed by atoms with Crippen molar-refractivity contribution in [2.75, 3.05) is 51.7 Å². The zero-order valence-corrected chi connectivity index (χ0v) is 16.3. The maximum Gasteiger partial charge on any atom is 0.256 e. The van der Waals surface area contributed by atoms with Crippen LogP contribution in [0.25, 0.3) is 0 Å². The quantitative estimate of drug-likeness (QED) is 0.659. The van der Waals surface area contributed by atoms with Gasteiger partial charge in [0.25, 0.3) is 11.8 Å². The predicted octanol–water partition coefficient (Wildman–Crippen LogP) is 1.72. The molecule has 8 heteroatoms. The molecule has 1 fully saturated rings. The van der Waals surface area contributed by atoms with Crippen molar-refractivity contribution in [1.29, 1.82) is 0 Å². The summed E-state index contributed by atoms with van der Waals surface area (Å²) < 4.78 is 19.9. The van der Waals surface area contributed by atoms with Gasteiger partial charge in [0.05, 0.1) is 12.8 Å². The number of amides is 2. The third-order valence-corrected chi connectivity index (χ3v) is 4.76. The van der Waals surface area contributed by atoms with Gasteiger partial charge in [0.15, 0.2) is 11.6 Å². The van der Waals surface area contributed by atoms with E-state index in [1.807, 2.05) is 0 Å². The minimum absolute atomic E-state index is 0.0602. The number of benzene rings is 2. The molecular weight excluding hydrogens is 375 g/mol. The van der Waals surface area contributed by atoms with Gasteiger partial charge in [-0.1, -0.05) is 18.2 Å². The minimum atomic E-state index is -0.807. The molecule has 2 aromatic carbocycles. The highest BCUT2D eigenvalue weighted by atomic mass is 19.1. The Labute approximate surface area is 169 Å². The van der Waals surface area contributed by atoms with Gasteiger partial charge in [-0.25, -0.2) is 4.39 Å². The summed E-state index contributed by atoms with van der Waals surface area (Å²) in [5, 5.41) is 8.64. The molecule has 0 bridgehead atoms. The van der Waals surface area contributed by atoms with Crippen LogP contribution in [0.4, 0.5) is 10.1 Å². The number of anilines is 1.